The predicted octanol–water partition coefficient (Wildman–Crippen LogP) is 4.25. The van der Waals surface area contributed by atoms with Crippen LogP contribution in [0.4, 0.5) is 0 Å². The Kier molecular flexibility index (Phi) is 2.42. The smallest absolute Gasteiger partial charge is 0.0295 e. The third-order valence-corrected chi connectivity index (χ3v) is 4.92. The molecule has 0 aromatic heterocycles. The fourth-order valence-corrected chi connectivity index (χ4v) is 4.00. The maximum atomic E-state index is 2.52. The van der Waals surface area contributed by atoms with E-state index in [0.717, 1.165) is 17.8 Å². The van der Waals surface area contributed by atoms with Crippen molar-refractivity contribution in [2.75, 3.05) is 0 Å². The summed E-state index contributed by atoms with van der Waals surface area (Å²) in [5.41, 5.74) is 0.679. The lowest BCUT2D eigenvalue weighted by molar-refractivity contribution is 0.112. The van der Waals surface area contributed by atoms with E-state index < -0.39 is 0 Å². The minimum absolute atomic E-state index is 0.679. The molecule has 2 saturated carbocycles. The van der Waals surface area contributed by atoms with Gasteiger partial charge in [-0.1, -0.05) is 33.6 Å². The van der Waals surface area contributed by atoms with Crippen LogP contribution >= 0.6 is 0 Å². The summed E-state index contributed by atoms with van der Waals surface area (Å²) in [6, 6.07) is 0. The van der Waals surface area contributed by atoms with Crippen LogP contribution < -0.4 is 0 Å². The maximum absolute atomic E-state index is 2.52. The summed E-state index contributed by atoms with van der Waals surface area (Å²) in [7, 11) is 0. The van der Waals surface area contributed by atoms with Gasteiger partial charge in [-0.05, 0) is 48.9 Å². The van der Waals surface area contributed by atoms with E-state index in [1.165, 1.54) is 25.7 Å². The van der Waals surface area contributed by atoms with Gasteiger partial charge in [-0.2, -0.15) is 0 Å². The molecule has 0 aromatic rings. The average molecular weight is 180 g/mol. The van der Waals surface area contributed by atoms with E-state index in [4.69, 9.17) is 0 Å². The van der Waals surface area contributed by atoms with Gasteiger partial charge in [-0.3, -0.25) is 0 Å². The second-order valence-corrected chi connectivity index (χ2v) is 5.84. The molecule has 3 atom stereocenters. The fourth-order valence-electron chi connectivity index (χ4n) is 4.00. The summed E-state index contributed by atoms with van der Waals surface area (Å²) >= 11 is 0. The maximum Gasteiger partial charge on any atom is -0.0295 e. The zero-order valence-corrected chi connectivity index (χ0v) is 9.47. The molecule has 2 aliphatic rings. The number of fused-ring (bicyclic) bond motifs is 2. The van der Waals surface area contributed by atoms with Gasteiger partial charge in [0.15, 0.2) is 0 Å². The second kappa shape index (κ2) is 3.29. The number of unbranched alkanes of at least 4 members (excludes halogenated alkanes) is 1. The Labute approximate surface area is 83.1 Å². The first-order chi connectivity index (χ1) is 6.16. The molecule has 2 aliphatic carbocycles. The third-order valence-electron chi connectivity index (χ3n) is 4.92. The van der Waals surface area contributed by atoms with Gasteiger partial charge in [-0.15, -0.1) is 0 Å². The van der Waals surface area contributed by atoms with E-state index in [1.54, 1.807) is 12.8 Å². The molecule has 0 aromatic carbocycles. The van der Waals surface area contributed by atoms with E-state index in [0.29, 0.717) is 5.41 Å². The van der Waals surface area contributed by atoms with E-state index in [2.05, 4.69) is 20.8 Å². The number of hydrogen-bond donors (Lipinski definition) is 0. The van der Waals surface area contributed by atoms with Crippen LogP contribution in [0, 0.1) is 23.2 Å². The molecule has 0 nitrogen and oxygen atoms in total. The van der Waals surface area contributed by atoms with E-state index in [9.17, 15) is 0 Å². The monoisotopic (exact) mass is 180 g/mol. The molecule has 0 spiro atoms. The first kappa shape index (κ1) is 9.55. The first-order valence-electron chi connectivity index (χ1n) is 6.16. The van der Waals surface area contributed by atoms with Gasteiger partial charge in [0.2, 0.25) is 0 Å². The molecular formula is C13H24. The summed E-state index contributed by atoms with van der Waals surface area (Å²) in [4.78, 5) is 0. The Bertz CT molecular complexity index is 180. The largest absolute Gasteiger partial charge is 0.0654 e. The van der Waals surface area contributed by atoms with Gasteiger partial charge in [-0.25, -0.2) is 0 Å². The van der Waals surface area contributed by atoms with Gasteiger partial charge >= 0.3 is 0 Å². The van der Waals surface area contributed by atoms with Gasteiger partial charge in [0.25, 0.3) is 0 Å². The molecule has 0 heterocycles. The van der Waals surface area contributed by atoms with Crippen molar-refractivity contribution in [2.24, 2.45) is 23.2 Å². The highest BCUT2D eigenvalue weighted by Crippen LogP contribution is 2.60. The van der Waals surface area contributed by atoms with Crippen molar-refractivity contribution >= 4 is 0 Å². The minimum atomic E-state index is 0.679. The van der Waals surface area contributed by atoms with Crippen LogP contribution in [-0.2, 0) is 0 Å². The molecule has 0 amide bonds. The Morgan fingerprint density at radius 1 is 1.23 bits per heavy atom. The Morgan fingerprint density at radius 3 is 2.54 bits per heavy atom. The Morgan fingerprint density at radius 2 is 2.00 bits per heavy atom. The molecule has 76 valence electrons. The summed E-state index contributed by atoms with van der Waals surface area (Å²) in [6.45, 7) is 7.37. The van der Waals surface area contributed by atoms with Crippen molar-refractivity contribution in [1.82, 2.24) is 0 Å². The molecule has 0 aliphatic heterocycles. The standard InChI is InChI=1S/C13H24/c1-4-5-6-12-10-7-8-11(9-10)13(12,2)3/h10-12H,4-9H2,1-3H3/t10?,11-,12?/m1/s1. The molecule has 0 heteroatoms. The van der Waals surface area contributed by atoms with Crippen LogP contribution in [-0.4, -0.2) is 0 Å². The van der Waals surface area contributed by atoms with Crippen molar-refractivity contribution in [3.05, 3.63) is 0 Å². The van der Waals surface area contributed by atoms with E-state index in [1.807, 2.05) is 0 Å². The molecule has 0 saturated heterocycles. The quantitative estimate of drug-likeness (QED) is 0.609. The molecule has 13 heavy (non-hydrogen) atoms. The van der Waals surface area contributed by atoms with Crippen molar-refractivity contribution in [3.8, 4) is 0 Å². The van der Waals surface area contributed by atoms with Gasteiger partial charge in [0, 0.05) is 0 Å². The van der Waals surface area contributed by atoms with E-state index in [-0.39, 0.29) is 0 Å². The highest BCUT2D eigenvalue weighted by molar-refractivity contribution is 5.01. The summed E-state index contributed by atoms with van der Waals surface area (Å²) < 4.78 is 0. The fraction of sp³-hybridized carbons (Fsp3) is 1.00. The zero-order valence-electron chi connectivity index (χ0n) is 9.47. The highest BCUT2D eigenvalue weighted by atomic mass is 14.6. The molecule has 0 N–H and O–H groups in total. The lowest BCUT2D eigenvalue weighted by atomic mass is 9.67. The lowest BCUT2D eigenvalue weighted by Gasteiger charge is -2.38. The molecule has 2 unspecified atom stereocenters. The Hall–Kier alpha value is 0. The minimum Gasteiger partial charge on any atom is -0.0654 e. The first-order valence-corrected chi connectivity index (χ1v) is 6.16. The van der Waals surface area contributed by atoms with Crippen LogP contribution in [0.2, 0.25) is 0 Å². The summed E-state index contributed by atoms with van der Waals surface area (Å²) in [6.07, 6.45) is 8.97. The van der Waals surface area contributed by atoms with Crippen molar-refractivity contribution < 1.29 is 0 Å². The molecule has 0 radical (unpaired) electrons. The van der Waals surface area contributed by atoms with E-state index >= 15 is 0 Å². The van der Waals surface area contributed by atoms with Gasteiger partial charge in [0.05, 0.1) is 0 Å². The lowest BCUT2D eigenvalue weighted by Crippen LogP contribution is -2.30. The molecule has 2 fully saturated rings. The summed E-state index contributed by atoms with van der Waals surface area (Å²) in [5.74, 6) is 3.23. The Balaban J connectivity index is 2.01. The van der Waals surface area contributed by atoms with Crippen molar-refractivity contribution in [3.63, 3.8) is 0 Å². The van der Waals surface area contributed by atoms with Gasteiger partial charge in [0.1, 0.15) is 0 Å². The molecule has 2 bridgehead atoms. The zero-order chi connectivity index (χ0) is 9.47. The predicted molar refractivity (Wildman–Crippen MR) is 57.6 cm³/mol. The highest BCUT2D eigenvalue weighted by Gasteiger charge is 2.51. The normalized spacial score (nSPS) is 41.3. The van der Waals surface area contributed by atoms with Crippen LogP contribution in [0.25, 0.3) is 0 Å². The summed E-state index contributed by atoms with van der Waals surface area (Å²) in [5, 5.41) is 0. The average Bonchev–Trinajstić information content (AvgIpc) is 2.60. The van der Waals surface area contributed by atoms with Crippen LogP contribution in [0.3, 0.4) is 0 Å². The van der Waals surface area contributed by atoms with Gasteiger partial charge < -0.3 is 0 Å². The van der Waals surface area contributed by atoms with Crippen LogP contribution in [0.1, 0.15) is 59.3 Å². The van der Waals surface area contributed by atoms with Crippen LogP contribution in [0.15, 0.2) is 0 Å². The second-order valence-electron chi connectivity index (χ2n) is 5.84. The van der Waals surface area contributed by atoms with Crippen LogP contribution in [0.5, 0.6) is 0 Å². The number of hydrogen-bond acceptors (Lipinski definition) is 0. The van der Waals surface area contributed by atoms with Crippen molar-refractivity contribution in [1.29, 1.82) is 0 Å². The third kappa shape index (κ3) is 1.43. The topological polar surface area (TPSA) is 0 Å². The molecule has 2 rings (SSSR count). The SMILES string of the molecule is CCCCC1C2CC[C@H](C2)C1(C)C. The van der Waals surface area contributed by atoms with Crippen molar-refractivity contribution in [2.45, 2.75) is 59.3 Å². The number of rotatable bonds is 3. The molecular weight excluding hydrogens is 156 g/mol.